The Morgan fingerprint density at radius 3 is 2.51 bits per heavy atom. The largest absolute Gasteiger partial charge is 0.375 e. The Hall–Kier alpha value is -2.94. The minimum Gasteiger partial charge on any atom is -0.375 e. The molecule has 0 bridgehead atoms. The molecule has 0 radical (unpaired) electrons. The zero-order valence-electron chi connectivity index (χ0n) is 19.7. The monoisotopic (exact) mass is 491 g/mol. The van der Waals surface area contributed by atoms with Crippen molar-refractivity contribution in [2.45, 2.75) is 35.6 Å². The van der Waals surface area contributed by atoms with Crippen LogP contribution >= 0.6 is 11.8 Å². The lowest BCUT2D eigenvalue weighted by Gasteiger charge is -2.19. The summed E-state index contributed by atoms with van der Waals surface area (Å²) in [6.07, 6.45) is 1.73. The summed E-state index contributed by atoms with van der Waals surface area (Å²) in [7, 11) is 1.53. The number of hydrogen-bond donors (Lipinski definition) is 1. The van der Waals surface area contributed by atoms with Crippen molar-refractivity contribution in [2.75, 3.05) is 33.3 Å². The van der Waals surface area contributed by atoms with Crippen LogP contribution in [0.3, 0.4) is 0 Å². The van der Waals surface area contributed by atoms with Crippen molar-refractivity contribution in [2.24, 2.45) is 0 Å². The van der Waals surface area contributed by atoms with Gasteiger partial charge >= 0.3 is 0 Å². The fraction of sp³-hybridized carbons (Fsp3) is 0.370. The lowest BCUT2D eigenvalue weighted by molar-refractivity contribution is -0.122. The molecule has 0 saturated carbocycles. The van der Waals surface area contributed by atoms with Crippen LogP contribution in [-0.4, -0.2) is 59.7 Å². The van der Waals surface area contributed by atoms with E-state index in [1.54, 1.807) is 24.3 Å². The van der Waals surface area contributed by atoms with E-state index >= 15 is 0 Å². The van der Waals surface area contributed by atoms with Gasteiger partial charge in [-0.05, 0) is 32.0 Å². The molecule has 3 aromatic rings. The summed E-state index contributed by atoms with van der Waals surface area (Å²) in [5, 5.41) is 3.33. The SMILES string of the molecule is COC1c2c(c3ccccc3n(CC(=O)c3ccccc3)c2=O)SC1C(=O)NCCN1CCCC1. The number of thioether (sulfide) groups is 1. The highest BCUT2D eigenvalue weighted by Crippen LogP contribution is 2.47. The van der Waals surface area contributed by atoms with E-state index in [1.165, 1.54) is 36.3 Å². The highest BCUT2D eigenvalue weighted by molar-refractivity contribution is 8.01. The predicted octanol–water partition coefficient (Wildman–Crippen LogP) is 3.26. The highest BCUT2D eigenvalue weighted by Gasteiger charge is 2.42. The number of pyridine rings is 1. The summed E-state index contributed by atoms with van der Waals surface area (Å²) in [6, 6.07) is 16.5. The number of amides is 1. The van der Waals surface area contributed by atoms with Crippen molar-refractivity contribution in [3.63, 3.8) is 0 Å². The number of para-hydroxylation sites is 1. The van der Waals surface area contributed by atoms with Gasteiger partial charge in [0.25, 0.3) is 5.56 Å². The van der Waals surface area contributed by atoms with Crippen LogP contribution in [0, 0.1) is 0 Å². The molecule has 1 amide bonds. The standard InChI is InChI=1S/C27H29N3O4S/c1-34-23-22-24(35-25(23)26(32)28-13-16-29-14-7-8-15-29)19-11-5-6-12-20(19)30(27(22)33)17-21(31)18-9-3-2-4-10-18/h2-6,9-12,23,25H,7-8,13-17H2,1H3,(H,28,32). The van der Waals surface area contributed by atoms with Gasteiger partial charge in [-0.1, -0.05) is 48.5 Å². The van der Waals surface area contributed by atoms with Crippen LogP contribution in [0.1, 0.15) is 34.9 Å². The van der Waals surface area contributed by atoms with E-state index in [0.29, 0.717) is 23.2 Å². The van der Waals surface area contributed by atoms with Gasteiger partial charge in [0, 0.05) is 36.0 Å². The first-order valence-corrected chi connectivity index (χ1v) is 12.9. The number of ketones is 1. The summed E-state index contributed by atoms with van der Waals surface area (Å²) in [6.45, 7) is 3.47. The molecule has 1 saturated heterocycles. The molecule has 1 N–H and O–H groups in total. The summed E-state index contributed by atoms with van der Waals surface area (Å²) < 4.78 is 7.25. The number of carbonyl (C=O) groups excluding carboxylic acids is 2. The van der Waals surface area contributed by atoms with Crippen LogP contribution in [0.4, 0.5) is 0 Å². The Morgan fingerprint density at radius 1 is 1.06 bits per heavy atom. The third kappa shape index (κ3) is 4.66. The summed E-state index contributed by atoms with van der Waals surface area (Å²) in [5.74, 6) is -0.277. The van der Waals surface area contributed by atoms with Gasteiger partial charge in [0.1, 0.15) is 11.4 Å². The Morgan fingerprint density at radius 2 is 1.77 bits per heavy atom. The van der Waals surface area contributed by atoms with Gasteiger partial charge in [0.2, 0.25) is 5.91 Å². The maximum Gasteiger partial charge on any atom is 0.258 e. The molecule has 1 aromatic heterocycles. The molecular weight excluding hydrogens is 462 g/mol. The van der Waals surface area contributed by atoms with E-state index in [9.17, 15) is 14.4 Å². The van der Waals surface area contributed by atoms with Gasteiger partial charge in [-0.2, -0.15) is 0 Å². The molecule has 2 atom stereocenters. The van der Waals surface area contributed by atoms with E-state index in [2.05, 4.69) is 10.2 Å². The molecule has 2 aliphatic rings. The lowest BCUT2D eigenvalue weighted by Crippen LogP contribution is -2.40. The lowest BCUT2D eigenvalue weighted by atomic mass is 10.0. The van der Waals surface area contributed by atoms with Crippen molar-refractivity contribution < 1.29 is 14.3 Å². The number of Topliss-reactive ketones (excluding diaryl/α,β-unsaturated/α-hetero) is 1. The van der Waals surface area contributed by atoms with Gasteiger partial charge in [-0.15, -0.1) is 11.8 Å². The van der Waals surface area contributed by atoms with E-state index in [0.717, 1.165) is 29.9 Å². The first kappa shape index (κ1) is 23.8. The normalized spacial score (nSPS) is 19.7. The zero-order chi connectivity index (χ0) is 24.4. The molecule has 0 aliphatic carbocycles. The van der Waals surface area contributed by atoms with Crippen LogP contribution in [0.5, 0.6) is 0 Å². The minimum absolute atomic E-state index is 0.0789. The first-order chi connectivity index (χ1) is 17.1. The van der Waals surface area contributed by atoms with Crippen LogP contribution in [0.25, 0.3) is 10.9 Å². The second kappa shape index (κ2) is 10.4. The number of nitrogens with one attached hydrogen (secondary N) is 1. The smallest absolute Gasteiger partial charge is 0.258 e. The Kier molecular flexibility index (Phi) is 7.04. The van der Waals surface area contributed by atoms with E-state index in [4.69, 9.17) is 4.74 Å². The maximum absolute atomic E-state index is 13.7. The fourth-order valence-electron chi connectivity index (χ4n) is 5.01. The number of benzene rings is 2. The topological polar surface area (TPSA) is 80.6 Å². The molecule has 5 rings (SSSR count). The third-order valence-electron chi connectivity index (χ3n) is 6.80. The Balaban J connectivity index is 1.45. The van der Waals surface area contributed by atoms with Crippen LogP contribution in [0.2, 0.25) is 0 Å². The summed E-state index contributed by atoms with van der Waals surface area (Å²) >= 11 is 1.38. The van der Waals surface area contributed by atoms with Crippen LogP contribution in [0.15, 0.2) is 64.3 Å². The van der Waals surface area contributed by atoms with E-state index < -0.39 is 11.4 Å². The van der Waals surface area contributed by atoms with Crippen molar-refractivity contribution in [1.29, 1.82) is 0 Å². The second-order valence-corrected chi connectivity index (χ2v) is 10.1. The van der Waals surface area contributed by atoms with Crippen molar-refractivity contribution >= 4 is 34.4 Å². The van der Waals surface area contributed by atoms with Gasteiger partial charge < -0.3 is 19.5 Å². The van der Waals surface area contributed by atoms with Gasteiger partial charge in [-0.3, -0.25) is 14.4 Å². The van der Waals surface area contributed by atoms with Crippen molar-refractivity contribution in [3.8, 4) is 0 Å². The molecular formula is C27H29N3O4S. The number of fused-ring (bicyclic) bond motifs is 3. The predicted molar refractivity (Wildman–Crippen MR) is 137 cm³/mol. The van der Waals surface area contributed by atoms with Gasteiger partial charge in [0.05, 0.1) is 17.6 Å². The molecule has 3 heterocycles. The number of likely N-dealkylation sites (tertiary alicyclic amines) is 1. The van der Waals surface area contributed by atoms with E-state index in [1.807, 2.05) is 30.3 Å². The molecule has 182 valence electrons. The van der Waals surface area contributed by atoms with Crippen LogP contribution in [-0.2, 0) is 16.1 Å². The van der Waals surface area contributed by atoms with Gasteiger partial charge in [0.15, 0.2) is 5.78 Å². The summed E-state index contributed by atoms with van der Waals surface area (Å²) in [4.78, 5) is 43.0. The second-order valence-electron chi connectivity index (χ2n) is 8.97. The number of carbonyl (C=O) groups is 2. The fourth-order valence-corrected chi connectivity index (χ4v) is 6.45. The average molecular weight is 492 g/mol. The van der Waals surface area contributed by atoms with Crippen molar-refractivity contribution in [3.05, 3.63) is 76.1 Å². The quantitative estimate of drug-likeness (QED) is 0.487. The molecule has 1 fully saturated rings. The Labute approximate surface area is 208 Å². The first-order valence-electron chi connectivity index (χ1n) is 12.0. The minimum atomic E-state index is -0.683. The van der Waals surface area contributed by atoms with Gasteiger partial charge in [-0.25, -0.2) is 0 Å². The van der Waals surface area contributed by atoms with E-state index in [-0.39, 0.29) is 23.8 Å². The number of nitrogens with zero attached hydrogens (tertiary/aromatic N) is 2. The highest BCUT2D eigenvalue weighted by atomic mass is 32.2. The maximum atomic E-state index is 13.7. The third-order valence-corrected chi connectivity index (χ3v) is 8.19. The summed E-state index contributed by atoms with van der Waals surface area (Å²) in [5.41, 5.74) is 1.40. The molecule has 0 spiro atoms. The van der Waals surface area contributed by atoms with Crippen molar-refractivity contribution in [1.82, 2.24) is 14.8 Å². The molecule has 2 aliphatic heterocycles. The number of methoxy groups -OCH3 is 1. The average Bonchev–Trinajstić information content (AvgIpc) is 3.55. The number of rotatable bonds is 8. The Bertz CT molecular complexity index is 1300. The number of aromatic nitrogens is 1. The molecule has 2 unspecified atom stereocenters. The molecule has 2 aromatic carbocycles. The molecule has 35 heavy (non-hydrogen) atoms. The van der Waals surface area contributed by atoms with Crippen LogP contribution < -0.4 is 10.9 Å². The number of hydrogen-bond acceptors (Lipinski definition) is 6. The zero-order valence-corrected chi connectivity index (χ0v) is 20.6. The molecule has 8 heteroatoms. The number of ether oxygens (including phenoxy) is 1. The molecule has 7 nitrogen and oxygen atoms in total.